The number of nitrogens with one attached hydrogen (secondary N) is 2. The molecule has 0 aromatic heterocycles. The molecule has 2 heterocycles. The molecule has 0 aliphatic carbocycles. The number of carbonyl (C=O) groups is 5. The summed E-state index contributed by atoms with van der Waals surface area (Å²) in [5, 5.41) is 16.9. The van der Waals surface area contributed by atoms with Gasteiger partial charge in [-0.3, -0.25) is 33.7 Å². The summed E-state index contributed by atoms with van der Waals surface area (Å²) in [6.07, 6.45) is 2.68. The normalized spacial score (nSPS) is 19.9. The summed E-state index contributed by atoms with van der Waals surface area (Å²) in [6, 6.07) is 6.39. The lowest BCUT2D eigenvalue weighted by Gasteiger charge is -2.41. The minimum Gasteiger partial charge on any atom is -0.395 e. The van der Waals surface area contributed by atoms with E-state index in [1.54, 1.807) is 49.9 Å². The summed E-state index contributed by atoms with van der Waals surface area (Å²) in [5.41, 5.74) is 0.902. The van der Waals surface area contributed by atoms with Gasteiger partial charge in [-0.2, -0.15) is 0 Å². The highest BCUT2D eigenvalue weighted by Gasteiger charge is 2.44. The predicted molar refractivity (Wildman–Crippen MR) is 230 cm³/mol. The number of likely N-dealkylation sites (N-methyl/N-ethyl adjacent to an activating group) is 2. The first kappa shape index (κ1) is 50.7. The van der Waals surface area contributed by atoms with Gasteiger partial charge in [-0.05, 0) is 56.0 Å². The fraction of sp³-hybridized carbons (Fsp3) is 0.756. The predicted octanol–water partition coefficient (Wildman–Crippen LogP) is 3.28. The number of carbonyl (C=O) groups excluding carboxylic acids is 5. The lowest BCUT2D eigenvalue weighted by molar-refractivity contribution is -0.199. The molecule has 2 aliphatic rings. The molecular weight excluding hydrogens is 769 g/mol. The number of aliphatic hydroxyl groups is 1. The van der Waals surface area contributed by atoms with Crippen LogP contribution in [0.1, 0.15) is 92.6 Å². The van der Waals surface area contributed by atoms with Gasteiger partial charge in [-0.15, -0.1) is 0 Å². The molecule has 15 nitrogen and oxygen atoms in total. The van der Waals surface area contributed by atoms with Crippen LogP contribution in [0, 0.1) is 23.7 Å². The van der Waals surface area contributed by atoms with Crippen LogP contribution in [0.3, 0.4) is 0 Å². The maximum absolute atomic E-state index is 14.4. The average molecular weight is 845 g/mol. The molecule has 0 saturated carbocycles. The van der Waals surface area contributed by atoms with Gasteiger partial charge in [0, 0.05) is 47.3 Å². The smallest absolute Gasteiger partial charge is 0.269 e. The van der Waals surface area contributed by atoms with Crippen molar-refractivity contribution in [1.82, 2.24) is 30.4 Å². The molecule has 2 fully saturated rings. The zero-order valence-corrected chi connectivity index (χ0v) is 38.2. The third-order valence-corrected chi connectivity index (χ3v) is 12.5. The van der Waals surface area contributed by atoms with E-state index in [2.05, 4.69) is 10.6 Å². The van der Waals surface area contributed by atoms with Crippen molar-refractivity contribution in [1.29, 1.82) is 0 Å². The number of ether oxygens (including phenoxy) is 2. The Hall–Kier alpha value is -3.63. The molecule has 2 saturated heterocycles. The van der Waals surface area contributed by atoms with E-state index in [0.717, 1.165) is 24.8 Å². The zero-order valence-electron chi connectivity index (χ0n) is 38.2. The minimum atomic E-state index is -0.855. The van der Waals surface area contributed by atoms with Gasteiger partial charge >= 0.3 is 0 Å². The number of hydroxylamine groups is 2. The number of nitrogens with zero attached hydrogens (tertiary/aromatic N) is 4. The summed E-state index contributed by atoms with van der Waals surface area (Å²) >= 11 is 0. The summed E-state index contributed by atoms with van der Waals surface area (Å²) in [5.74, 6) is -2.47. The molecule has 1 aromatic rings. The quantitative estimate of drug-likeness (QED) is 0.149. The highest BCUT2D eigenvalue weighted by atomic mass is 16.7. The third-order valence-electron chi connectivity index (χ3n) is 12.5. The van der Waals surface area contributed by atoms with Crippen LogP contribution in [0.5, 0.6) is 0 Å². The molecule has 60 heavy (non-hydrogen) atoms. The van der Waals surface area contributed by atoms with E-state index in [1.165, 1.54) is 5.06 Å². The SMILES string of the molecule is CC[C@H](C)C([C@@H](CC(=O)N1CCC[C@H]1[C@H](OC)[C@@H](C)C(=O)N[C@@H](Cc1ccccc1)C(=O)N1CCCCO1)OC)N(C)C(=O)[C@@H](NC(=O)[C@H](C(C)C)N(C)CCO)C(C)C. The van der Waals surface area contributed by atoms with Crippen molar-refractivity contribution in [3.63, 3.8) is 0 Å². The fourth-order valence-electron chi connectivity index (χ4n) is 8.88. The van der Waals surface area contributed by atoms with Gasteiger partial charge in [0.25, 0.3) is 5.91 Å². The number of hydrogen-bond donors (Lipinski definition) is 3. The minimum absolute atomic E-state index is 0.0137. The largest absolute Gasteiger partial charge is 0.395 e. The van der Waals surface area contributed by atoms with Crippen molar-refractivity contribution >= 4 is 29.5 Å². The summed E-state index contributed by atoms with van der Waals surface area (Å²) in [4.78, 5) is 81.0. The number of benzene rings is 1. The Labute approximate surface area is 359 Å². The van der Waals surface area contributed by atoms with Crippen LogP contribution in [0.4, 0.5) is 0 Å². The maximum Gasteiger partial charge on any atom is 0.269 e. The first-order valence-electron chi connectivity index (χ1n) is 22.0. The number of rotatable bonds is 23. The third kappa shape index (κ3) is 13.4. The molecule has 0 radical (unpaired) electrons. The molecule has 0 bridgehead atoms. The first-order valence-corrected chi connectivity index (χ1v) is 22.0. The number of methoxy groups -OCH3 is 2. The van der Waals surface area contributed by atoms with Crippen molar-refractivity contribution in [2.75, 3.05) is 61.2 Å². The lowest BCUT2D eigenvalue weighted by atomic mass is 9.89. The highest BCUT2D eigenvalue weighted by Crippen LogP contribution is 2.30. The second-order valence-electron chi connectivity index (χ2n) is 17.4. The molecule has 5 amide bonds. The van der Waals surface area contributed by atoms with Gasteiger partial charge in [0.15, 0.2) is 0 Å². The van der Waals surface area contributed by atoms with E-state index in [4.69, 9.17) is 14.3 Å². The monoisotopic (exact) mass is 845 g/mol. The van der Waals surface area contributed by atoms with Gasteiger partial charge in [-0.1, -0.05) is 85.2 Å². The summed E-state index contributed by atoms with van der Waals surface area (Å²) in [6.45, 7) is 15.1. The molecular formula is C45H76N6O9. The fourth-order valence-corrected chi connectivity index (χ4v) is 8.88. The Kier molecular flexibility index (Phi) is 20.9. The van der Waals surface area contributed by atoms with E-state index in [0.29, 0.717) is 45.5 Å². The molecule has 3 N–H and O–H groups in total. The van der Waals surface area contributed by atoms with E-state index in [9.17, 15) is 29.1 Å². The van der Waals surface area contributed by atoms with Crippen LogP contribution in [-0.4, -0.2) is 158 Å². The lowest BCUT2D eigenvalue weighted by Crippen LogP contribution is -2.60. The van der Waals surface area contributed by atoms with E-state index in [-0.39, 0.29) is 60.3 Å². The number of hydrogen-bond acceptors (Lipinski definition) is 10. The second kappa shape index (κ2) is 24.7. The Morgan fingerprint density at radius 1 is 0.900 bits per heavy atom. The second-order valence-corrected chi connectivity index (χ2v) is 17.4. The van der Waals surface area contributed by atoms with Crippen LogP contribution in [0.2, 0.25) is 0 Å². The molecule has 15 heteroatoms. The topological polar surface area (TPSA) is 170 Å². The highest BCUT2D eigenvalue weighted by molar-refractivity contribution is 5.90. The standard InChI is InChI=1S/C45H76N6O9/c1-12-31(6)40(49(9)45(57)38(29(2)3)47-43(55)39(30(4)5)48(8)24-25-52)36(58-10)28-37(53)50-22-18-21-35(50)41(59-11)32(7)42(54)46-34(27-33-19-14-13-15-20-33)44(56)51-23-16-17-26-60-51/h13-15,19-20,29-32,34-36,38-41,52H,12,16-18,21-28H2,1-11H3,(H,46,54)(H,47,55)/t31-,32+,34-,35-,36+,38-,39-,40?,41+/m0/s1. The van der Waals surface area contributed by atoms with Crippen LogP contribution in [0.25, 0.3) is 0 Å². The Bertz CT molecular complexity index is 1510. The van der Waals surface area contributed by atoms with Gasteiger partial charge in [0.05, 0.1) is 55.9 Å². The van der Waals surface area contributed by atoms with E-state index < -0.39 is 48.3 Å². The molecule has 340 valence electrons. The zero-order chi connectivity index (χ0) is 44.7. The average Bonchev–Trinajstić information content (AvgIpc) is 3.72. The molecule has 2 aliphatic heterocycles. The van der Waals surface area contributed by atoms with E-state index in [1.807, 2.05) is 71.9 Å². The maximum atomic E-state index is 14.4. The Balaban J connectivity index is 1.80. The summed E-state index contributed by atoms with van der Waals surface area (Å²) < 4.78 is 12.1. The molecule has 1 unspecified atom stereocenters. The van der Waals surface area contributed by atoms with Gasteiger partial charge < -0.3 is 35.0 Å². The van der Waals surface area contributed by atoms with Gasteiger partial charge in [0.2, 0.25) is 23.6 Å². The number of aliphatic hydroxyl groups excluding tert-OH is 1. The Morgan fingerprint density at radius 2 is 1.58 bits per heavy atom. The van der Waals surface area contributed by atoms with Crippen LogP contribution in [0.15, 0.2) is 30.3 Å². The number of likely N-dealkylation sites (tertiary alicyclic amines) is 1. The van der Waals surface area contributed by atoms with Gasteiger partial charge in [-0.25, -0.2) is 5.06 Å². The molecule has 9 atom stereocenters. The molecule has 1 aromatic carbocycles. The van der Waals surface area contributed by atoms with Crippen LogP contribution < -0.4 is 10.6 Å². The number of amides is 5. The van der Waals surface area contributed by atoms with Crippen molar-refractivity contribution in [2.45, 2.75) is 136 Å². The van der Waals surface area contributed by atoms with Crippen LogP contribution in [-0.2, 0) is 44.7 Å². The van der Waals surface area contributed by atoms with Crippen molar-refractivity contribution in [3.05, 3.63) is 35.9 Å². The van der Waals surface area contributed by atoms with Crippen molar-refractivity contribution < 1.29 is 43.4 Å². The van der Waals surface area contributed by atoms with Gasteiger partial charge in [0.1, 0.15) is 12.1 Å². The first-order chi connectivity index (χ1) is 28.5. The Morgan fingerprint density at radius 3 is 2.13 bits per heavy atom. The van der Waals surface area contributed by atoms with Crippen LogP contribution >= 0.6 is 0 Å². The molecule has 0 spiro atoms. The van der Waals surface area contributed by atoms with Crippen molar-refractivity contribution in [2.24, 2.45) is 23.7 Å². The summed E-state index contributed by atoms with van der Waals surface area (Å²) in [7, 11) is 6.58. The molecule has 3 rings (SSSR count). The van der Waals surface area contributed by atoms with E-state index >= 15 is 0 Å². The van der Waals surface area contributed by atoms with Crippen molar-refractivity contribution in [3.8, 4) is 0 Å².